The van der Waals surface area contributed by atoms with Crippen molar-refractivity contribution < 1.29 is 30.2 Å². The van der Waals surface area contributed by atoms with Crippen LogP contribution in [0.25, 0.3) is 72.3 Å². The van der Waals surface area contributed by atoms with Gasteiger partial charge in [0.1, 0.15) is 11.6 Å². The van der Waals surface area contributed by atoms with Gasteiger partial charge in [0.05, 0.1) is 22.1 Å². The van der Waals surface area contributed by atoms with Crippen LogP contribution in [0, 0.1) is 17.9 Å². The van der Waals surface area contributed by atoms with Crippen molar-refractivity contribution in [1.29, 1.82) is 0 Å². The molecule has 6 aromatic carbocycles. The average molecular weight is 885 g/mol. The molecule has 0 unspecified atom stereocenters. The molecule has 0 fully saturated rings. The molecule has 0 aliphatic rings. The number of rotatable bonds is 5. The van der Waals surface area contributed by atoms with E-state index >= 15 is 0 Å². The van der Waals surface area contributed by atoms with Gasteiger partial charge in [0.15, 0.2) is 0 Å². The molecule has 0 amide bonds. The number of hydrogen-bond donors (Lipinski definition) is 0. The van der Waals surface area contributed by atoms with Crippen LogP contribution in [0.1, 0.15) is 26.3 Å². The number of fused-ring (bicyclic) bond motifs is 8. The van der Waals surface area contributed by atoms with Crippen molar-refractivity contribution in [3.63, 3.8) is 0 Å². The Hall–Kier alpha value is -6.04. The third kappa shape index (κ3) is 5.50. The summed E-state index contributed by atoms with van der Waals surface area (Å²) in [5, 5.41) is 2.00. The normalized spacial score (nSPS) is 11.9. The van der Waals surface area contributed by atoms with Gasteiger partial charge in [-0.1, -0.05) is 80.5 Å². The van der Waals surface area contributed by atoms with E-state index in [0.29, 0.717) is 11.5 Å². The van der Waals surface area contributed by atoms with E-state index in [4.69, 9.17) is 14.7 Å². The van der Waals surface area contributed by atoms with Crippen LogP contribution >= 0.6 is 0 Å². The molecule has 0 bridgehead atoms. The van der Waals surface area contributed by atoms with Gasteiger partial charge in [-0.2, -0.15) is 12.1 Å². The Bertz CT molecular complexity index is 3060. The summed E-state index contributed by atoms with van der Waals surface area (Å²) < 4.78 is 27.2. The molecule has 0 aliphatic carbocycles. The standard InChI is InChI=1S/C46H32FN5O.Pt/c1-46(2,3)31-22-23-48-44(26-31)51-39-21-18-30(29-10-8-11-32(47)24-29)25-37(39)36-20-19-35(28-43(36)51)53-34-13-9-12-33(27-34)50-41-16-6-7-17-42(41)52-40-15-5-4-14-38(40)49-45(50)52;/h4-26H,1-3H3;/q-2;+2. The van der Waals surface area contributed by atoms with Crippen molar-refractivity contribution in [2.75, 3.05) is 0 Å². The SMILES string of the molecule is CC(C)(C)c1ccnc(-n2c3[c-]c(Oc4[c-]c(-n5c6ccccc6n6c7ccccc7nc56)ccc4)ccc3c3cc(-c4cccc(F)c4)ccc32)c1.[Pt+2]. The monoisotopic (exact) mass is 884 g/mol. The van der Waals surface area contributed by atoms with Gasteiger partial charge < -0.3 is 13.9 Å². The van der Waals surface area contributed by atoms with Gasteiger partial charge in [0.2, 0.25) is 5.78 Å². The summed E-state index contributed by atoms with van der Waals surface area (Å²) in [6.45, 7) is 6.59. The van der Waals surface area contributed by atoms with E-state index in [9.17, 15) is 4.39 Å². The zero-order chi connectivity index (χ0) is 35.8. The number of para-hydroxylation sites is 4. The fourth-order valence-electron chi connectivity index (χ4n) is 7.41. The maximum Gasteiger partial charge on any atom is 2.00 e. The summed E-state index contributed by atoms with van der Waals surface area (Å²) >= 11 is 0. The van der Waals surface area contributed by atoms with E-state index in [2.05, 4.69) is 95.0 Å². The quantitative estimate of drug-likeness (QED) is 0.162. The van der Waals surface area contributed by atoms with Gasteiger partial charge in [-0.15, -0.1) is 35.7 Å². The van der Waals surface area contributed by atoms with E-state index in [1.807, 2.05) is 72.9 Å². The van der Waals surface area contributed by atoms with Gasteiger partial charge in [0.25, 0.3) is 0 Å². The predicted octanol–water partition coefficient (Wildman–Crippen LogP) is 11.4. The van der Waals surface area contributed by atoms with Gasteiger partial charge in [0, 0.05) is 23.2 Å². The Balaban J connectivity index is 0.00000384. The van der Waals surface area contributed by atoms with Crippen LogP contribution in [0.2, 0.25) is 0 Å². The molecule has 0 saturated heterocycles. The number of ether oxygens (including phenoxy) is 1. The van der Waals surface area contributed by atoms with Crippen molar-refractivity contribution in [1.82, 2.24) is 23.5 Å². The minimum atomic E-state index is -0.267. The molecule has 4 heterocycles. The molecule has 0 N–H and O–H groups in total. The molecule has 8 heteroatoms. The van der Waals surface area contributed by atoms with E-state index in [0.717, 1.165) is 72.3 Å². The van der Waals surface area contributed by atoms with Crippen molar-refractivity contribution in [2.45, 2.75) is 26.2 Å². The van der Waals surface area contributed by atoms with Crippen LogP contribution in [0.5, 0.6) is 11.5 Å². The first kappa shape index (κ1) is 33.8. The molecule has 0 radical (unpaired) electrons. The molecule has 4 aromatic heterocycles. The molecule has 0 spiro atoms. The predicted molar refractivity (Wildman–Crippen MR) is 210 cm³/mol. The Morgan fingerprint density at radius 3 is 2.22 bits per heavy atom. The second kappa shape index (κ2) is 12.8. The Morgan fingerprint density at radius 2 is 1.39 bits per heavy atom. The molecule has 10 rings (SSSR count). The molecule has 6 nitrogen and oxygen atoms in total. The summed E-state index contributed by atoms with van der Waals surface area (Å²) in [4.78, 5) is 9.86. The van der Waals surface area contributed by atoms with E-state index in [-0.39, 0.29) is 32.3 Å². The van der Waals surface area contributed by atoms with Gasteiger partial charge >= 0.3 is 21.1 Å². The molecule has 54 heavy (non-hydrogen) atoms. The van der Waals surface area contributed by atoms with Gasteiger partial charge in [-0.25, -0.2) is 14.4 Å². The minimum Gasteiger partial charge on any atom is -0.509 e. The molecule has 264 valence electrons. The van der Waals surface area contributed by atoms with Crippen molar-refractivity contribution in [2.24, 2.45) is 0 Å². The summed E-state index contributed by atoms with van der Waals surface area (Å²) in [5.41, 5.74) is 9.51. The third-order valence-corrected chi connectivity index (χ3v) is 9.97. The number of pyridine rings is 1. The average Bonchev–Trinajstić information content (AvgIpc) is 3.81. The maximum absolute atomic E-state index is 14.3. The Labute approximate surface area is 325 Å². The molecule has 10 aromatic rings. The summed E-state index contributed by atoms with van der Waals surface area (Å²) in [6.07, 6.45) is 1.86. The number of hydrogen-bond acceptors (Lipinski definition) is 3. The fraction of sp³-hybridized carbons (Fsp3) is 0.0870. The van der Waals surface area contributed by atoms with E-state index in [1.165, 1.54) is 11.6 Å². The molecular weight excluding hydrogens is 853 g/mol. The molecule has 0 aliphatic heterocycles. The number of imidazole rings is 2. The van der Waals surface area contributed by atoms with Crippen LogP contribution in [0.15, 0.2) is 140 Å². The molecule has 0 saturated carbocycles. The van der Waals surface area contributed by atoms with Crippen LogP contribution in [-0.2, 0) is 26.5 Å². The van der Waals surface area contributed by atoms with E-state index < -0.39 is 0 Å². The van der Waals surface area contributed by atoms with Crippen molar-refractivity contribution in [3.05, 3.63) is 163 Å². The third-order valence-electron chi connectivity index (χ3n) is 9.97. The number of benzene rings is 6. The number of nitrogens with zero attached hydrogens (tertiary/aromatic N) is 5. The Kier molecular flexibility index (Phi) is 8.02. The van der Waals surface area contributed by atoms with Crippen LogP contribution in [0.4, 0.5) is 4.39 Å². The first-order valence-electron chi connectivity index (χ1n) is 17.6. The first-order valence-corrected chi connectivity index (χ1v) is 17.6. The van der Waals surface area contributed by atoms with Crippen molar-refractivity contribution in [3.8, 4) is 34.1 Å². The minimum absolute atomic E-state index is 0. The second-order valence-corrected chi connectivity index (χ2v) is 14.4. The second-order valence-electron chi connectivity index (χ2n) is 14.4. The maximum atomic E-state index is 14.3. The van der Waals surface area contributed by atoms with Crippen molar-refractivity contribution >= 4 is 49.7 Å². The Morgan fingerprint density at radius 1 is 0.630 bits per heavy atom. The van der Waals surface area contributed by atoms with Gasteiger partial charge in [-0.05, 0) is 82.1 Å². The smallest absolute Gasteiger partial charge is 0.509 e. The van der Waals surface area contributed by atoms with Gasteiger partial charge in [-0.3, -0.25) is 4.40 Å². The van der Waals surface area contributed by atoms with Crippen LogP contribution < -0.4 is 4.74 Å². The van der Waals surface area contributed by atoms with Crippen LogP contribution in [-0.4, -0.2) is 23.5 Å². The topological polar surface area (TPSA) is 49.3 Å². The van der Waals surface area contributed by atoms with Crippen LogP contribution in [0.3, 0.4) is 0 Å². The summed E-state index contributed by atoms with van der Waals surface area (Å²) in [7, 11) is 0. The first-order chi connectivity index (χ1) is 25.8. The number of halogens is 1. The zero-order valence-electron chi connectivity index (χ0n) is 29.6. The molecular formula is C46H32FN5OPt. The molecule has 0 atom stereocenters. The number of aromatic nitrogens is 5. The largest absolute Gasteiger partial charge is 2.00 e. The summed E-state index contributed by atoms with van der Waals surface area (Å²) in [5.74, 6) is 2.42. The fourth-order valence-corrected chi connectivity index (χ4v) is 7.41. The zero-order valence-corrected chi connectivity index (χ0v) is 31.9. The summed E-state index contributed by atoms with van der Waals surface area (Å²) in [6, 6.07) is 50.6. The van der Waals surface area contributed by atoms with E-state index in [1.54, 1.807) is 12.1 Å².